The second-order valence-electron chi connectivity index (χ2n) is 4.76. The zero-order valence-electron chi connectivity index (χ0n) is 11.0. The van der Waals surface area contributed by atoms with Crippen LogP contribution in [-0.4, -0.2) is 6.04 Å². The van der Waals surface area contributed by atoms with Gasteiger partial charge in [0.25, 0.3) is 0 Å². The third-order valence-electron chi connectivity index (χ3n) is 3.01. The zero-order chi connectivity index (χ0) is 13.8. The molecule has 1 N–H and O–H groups in total. The predicted molar refractivity (Wildman–Crippen MR) is 83.1 cm³/mol. The molecule has 2 unspecified atom stereocenters. The summed E-state index contributed by atoms with van der Waals surface area (Å²) < 4.78 is 14.0. The fourth-order valence-electron chi connectivity index (χ4n) is 2.10. The van der Waals surface area contributed by atoms with Gasteiger partial charge in [0.05, 0.1) is 3.79 Å². The van der Waals surface area contributed by atoms with Crippen molar-refractivity contribution in [2.75, 3.05) is 0 Å². The van der Waals surface area contributed by atoms with Crippen molar-refractivity contribution in [1.82, 2.24) is 5.32 Å². The molecule has 1 nitrogen and oxygen atoms in total. The second-order valence-corrected chi connectivity index (χ2v) is 7.26. The van der Waals surface area contributed by atoms with E-state index >= 15 is 0 Å². The number of hydrogen-bond acceptors (Lipinski definition) is 2. The molecule has 19 heavy (non-hydrogen) atoms. The number of hydrogen-bond donors (Lipinski definition) is 1. The van der Waals surface area contributed by atoms with Gasteiger partial charge in [-0.3, -0.25) is 0 Å². The molecule has 1 aromatic heterocycles. The summed E-state index contributed by atoms with van der Waals surface area (Å²) in [6.07, 6.45) is 0.900. The lowest BCUT2D eigenvalue weighted by Crippen LogP contribution is -2.30. The molecule has 0 fully saturated rings. The maximum absolute atomic E-state index is 12.8. The standard InChI is InChI=1S/C15H17BrFNS/c1-10(9-12-3-5-13(17)6-4-12)18-11(2)14-7-8-15(16)19-14/h3-8,10-11,18H,9H2,1-2H3. The minimum Gasteiger partial charge on any atom is -0.307 e. The van der Waals surface area contributed by atoms with Gasteiger partial charge in [0.15, 0.2) is 0 Å². The number of nitrogens with one attached hydrogen (secondary N) is 1. The van der Waals surface area contributed by atoms with Gasteiger partial charge < -0.3 is 5.32 Å². The molecule has 0 aliphatic carbocycles. The number of rotatable bonds is 5. The maximum Gasteiger partial charge on any atom is 0.123 e. The van der Waals surface area contributed by atoms with E-state index in [1.165, 1.54) is 17.0 Å². The molecular formula is C15H17BrFNS. The summed E-state index contributed by atoms with van der Waals surface area (Å²) in [5, 5.41) is 3.57. The van der Waals surface area contributed by atoms with Crippen molar-refractivity contribution in [3.05, 3.63) is 56.4 Å². The van der Waals surface area contributed by atoms with Gasteiger partial charge in [-0.2, -0.15) is 0 Å². The Bertz CT molecular complexity index is 523. The fourth-order valence-corrected chi connectivity index (χ4v) is 3.54. The molecule has 0 bridgehead atoms. The first-order chi connectivity index (χ1) is 9.04. The van der Waals surface area contributed by atoms with Crippen LogP contribution in [0.3, 0.4) is 0 Å². The number of benzene rings is 1. The minimum atomic E-state index is -0.179. The van der Waals surface area contributed by atoms with Crippen LogP contribution in [0.15, 0.2) is 40.2 Å². The van der Waals surface area contributed by atoms with Crippen LogP contribution in [0.4, 0.5) is 4.39 Å². The van der Waals surface area contributed by atoms with Gasteiger partial charge in [0.2, 0.25) is 0 Å². The highest BCUT2D eigenvalue weighted by molar-refractivity contribution is 9.11. The Morgan fingerprint density at radius 2 is 1.84 bits per heavy atom. The van der Waals surface area contributed by atoms with E-state index in [2.05, 4.69) is 47.2 Å². The monoisotopic (exact) mass is 341 g/mol. The summed E-state index contributed by atoms with van der Waals surface area (Å²) in [6.45, 7) is 4.32. The average molecular weight is 342 g/mol. The molecule has 2 aromatic rings. The SMILES string of the molecule is CC(Cc1ccc(F)cc1)NC(C)c1ccc(Br)s1. The molecule has 0 spiro atoms. The minimum absolute atomic E-state index is 0.179. The topological polar surface area (TPSA) is 12.0 Å². The van der Waals surface area contributed by atoms with E-state index in [0.29, 0.717) is 12.1 Å². The van der Waals surface area contributed by atoms with Crippen molar-refractivity contribution in [1.29, 1.82) is 0 Å². The lowest BCUT2D eigenvalue weighted by Gasteiger charge is -2.19. The molecule has 0 radical (unpaired) electrons. The van der Waals surface area contributed by atoms with Gasteiger partial charge in [-0.25, -0.2) is 4.39 Å². The lowest BCUT2D eigenvalue weighted by atomic mass is 10.1. The van der Waals surface area contributed by atoms with E-state index in [4.69, 9.17) is 0 Å². The quantitative estimate of drug-likeness (QED) is 0.812. The van der Waals surface area contributed by atoms with Crippen molar-refractivity contribution in [2.45, 2.75) is 32.4 Å². The van der Waals surface area contributed by atoms with Crippen LogP contribution >= 0.6 is 27.3 Å². The van der Waals surface area contributed by atoms with Gasteiger partial charge >= 0.3 is 0 Å². The van der Waals surface area contributed by atoms with Gasteiger partial charge in [-0.15, -0.1) is 11.3 Å². The molecule has 4 heteroatoms. The predicted octanol–water partition coefficient (Wildman–Crippen LogP) is 4.93. The molecule has 0 saturated heterocycles. The molecule has 0 amide bonds. The van der Waals surface area contributed by atoms with Crippen molar-refractivity contribution < 1.29 is 4.39 Å². The van der Waals surface area contributed by atoms with E-state index in [1.807, 2.05) is 12.1 Å². The fraction of sp³-hybridized carbons (Fsp3) is 0.333. The average Bonchev–Trinajstić information content (AvgIpc) is 2.79. The highest BCUT2D eigenvalue weighted by atomic mass is 79.9. The Kier molecular flexibility index (Phi) is 5.13. The van der Waals surface area contributed by atoms with Gasteiger partial charge in [0, 0.05) is 17.0 Å². The molecule has 2 atom stereocenters. The smallest absolute Gasteiger partial charge is 0.123 e. The Hall–Kier alpha value is -0.710. The highest BCUT2D eigenvalue weighted by Crippen LogP contribution is 2.27. The Morgan fingerprint density at radius 1 is 1.16 bits per heavy atom. The van der Waals surface area contributed by atoms with Gasteiger partial charge in [-0.05, 0) is 66.0 Å². The largest absolute Gasteiger partial charge is 0.307 e. The van der Waals surface area contributed by atoms with Crippen molar-refractivity contribution in [3.63, 3.8) is 0 Å². The first-order valence-electron chi connectivity index (χ1n) is 6.30. The third-order valence-corrected chi connectivity index (χ3v) is 4.82. The lowest BCUT2D eigenvalue weighted by molar-refractivity contribution is 0.481. The van der Waals surface area contributed by atoms with Crippen LogP contribution in [0.1, 0.15) is 30.3 Å². The molecule has 102 valence electrons. The van der Waals surface area contributed by atoms with Crippen LogP contribution in [0.5, 0.6) is 0 Å². The number of halogens is 2. The van der Waals surface area contributed by atoms with E-state index in [-0.39, 0.29) is 5.82 Å². The van der Waals surface area contributed by atoms with Gasteiger partial charge in [-0.1, -0.05) is 12.1 Å². The summed E-state index contributed by atoms with van der Waals surface area (Å²) >= 11 is 5.23. The second kappa shape index (κ2) is 6.64. The maximum atomic E-state index is 12.8. The van der Waals surface area contributed by atoms with Crippen molar-refractivity contribution in [3.8, 4) is 0 Å². The molecule has 0 saturated carbocycles. The highest BCUT2D eigenvalue weighted by Gasteiger charge is 2.11. The summed E-state index contributed by atoms with van der Waals surface area (Å²) in [5.41, 5.74) is 1.15. The summed E-state index contributed by atoms with van der Waals surface area (Å²) in [4.78, 5) is 1.32. The van der Waals surface area contributed by atoms with E-state index < -0.39 is 0 Å². The zero-order valence-corrected chi connectivity index (χ0v) is 13.4. The van der Waals surface area contributed by atoms with E-state index in [0.717, 1.165) is 15.8 Å². The molecule has 0 aliphatic heterocycles. The molecule has 0 aliphatic rings. The van der Waals surface area contributed by atoms with Crippen LogP contribution < -0.4 is 5.32 Å². The van der Waals surface area contributed by atoms with Crippen LogP contribution in [-0.2, 0) is 6.42 Å². The summed E-state index contributed by atoms with van der Waals surface area (Å²) in [5.74, 6) is -0.179. The van der Waals surface area contributed by atoms with Crippen molar-refractivity contribution >= 4 is 27.3 Å². The van der Waals surface area contributed by atoms with Crippen LogP contribution in [0, 0.1) is 5.82 Å². The molecular weight excluding hydrogens is 325 g/mol. The van der Waals surface area contributed by atoms with Crippen LogP contribution in [0.2, 0.25) is 0 Å². The Labute approximate surface area is 126 Å². The molecule has 1 heterocycles. The Morgan fingerprint density at radius 3 is 2.42 bits per heavy atom. The van der Waals surface area contributed by atoms with E-state index in [1.54, 1.807) is 11.3 Å². The van der Waals surface area contributed by atoms with Gasteiger partial charge in [0.1, 0.15) is 5.82 Å². The first kappa shape index (κ1) is 14.7. The van der Waals surface area contributed by atoms with E-state index in [9.17, 15) is 4.39 Å². The first-order valence-corrected chi connectivity index (χ1v) is 7.91. The molecule has 2 rings (SSSR count). The molecule has 1 aromatic carbocycles. The normalized spacial score (nSPS) is 14.3. The van der Waals surface area contributed by atoms with Crippen LogP contribution in [0.25, 0.3) is 0 Å². The Balaban J connectivity index is 1.90. The third kappa shape index (κ3) is 4.41. The summed E-state index contributed by atoms with van der Waals surface area (Å²) in [6, 6.07) is 11.6. The summed E-state index contributed by atoms with van der Waals surface area (Å²) in [7, 11) is 0. The number of thiophene rings is 1. The van der Waals surface area contributed by atoms with Crippen molar-refractivity contribution in [2.24, 2.45) is 0 Å².